The van der Waals surface area contributed by atoms with Crippen molar-refractivity contribution >= 4 is 40.8 Å². The summed E-state index contributed by atoms with van der Waals surface area (Å²) in [6, 6.07) is 4.89. The van der Waals surface area contributed by atoms with Crippen LogP contribution < -0.4 is 10.6 Å². The normalized spacial score (nSPS) is 18.3. The van der Waals surface area contributed by atoms with E-state index in [0.29, 0.717) is 5.92 Å². The summed E-state index contributed by atoms with van der Waals surface area (Å²) in [5, 5.41) is 7.93. The molecule has 1 atom stereocenters. The molecule has 1 unspecified atom stereocenters. The molecule has 3 N–H and O–H groups in total. The summed E-state index contributed by atoms with van der Waals surface area (Å²) in [5.41, 5.74) is 2.04. The van der Waals surface area contributed by atoms with Gasteiger partial charge in [-0.15, -0.1) is 24.0 Å². The Morgan fingerprint density at radius 2 is 2.22 bits per heavy atom. The Morgan fingerprint density at radius 1 is 1.37 bits per heavy atom. The van der Waals surface area contributed by atoms with E-state index < -0.39 is 0 Å². The molecule has 1 fully saturated rings. The van der Waals surface area contributed by atoms with E-state index in [1.54, 1.807) is 0 Å². The molecule has 1 aliphatic heterocycles. The predicted octanol–water partition coefficient (Wildman–Crippen LogP) is 3.36. The largest absolute Gasteiger partial charge is 0.361 e. The van der Waals surface area contributed by atoms with Gasteiger partial charge < -0.3 is 20.5 Å². The number of fused-ring (bicyclic) bond motifs is 1. The van der Waals surface area contributed by atoms with Crippen molar-refractivity contribution in [2.75, 3.05) is 39.8 Å². The summed E-state index contributed by atoms with van der Waals surface area (Å²) in [6.07, 6.45) is 5.39. The highest BCUT2D eigenvalue weighted by Gasteiger charge is 2.18. The molecule has 0 bridgehead atoms. The summed E-state index contributed by atoms with van der Waals surface area (Å²) >= 11 is 0. The van der Waals surface area contributed by atoms with Gasteiger partial charge in [0.05, 0.1) is 0 Å². The van der Waals surface area contributed by atoms with Crippen LogP contribution in [-0.4, -0.2) is 55.6 Å². The van der Waals surface area contributed by atoms with Crippen molar-refractivity contribution in [2.45, 2.75) is 26.2 Å². The number of hydrogen-bond donors (Lipinski definition) is 3. The van der Waals surface area contributed by atoms with Gasteiger partial charge in [0.15, 0.2) is 5.96 Å². The predicted molar refractivity (Wildman–Crippen MR) is 122 cm³/mol. The molecule has 0 radical (unpaired) electrons. The van der Waals surface area contributed by atoms with Gasteiger partial charge in [-0.25, -0.2) is 4.39 Å². The van der Waals surface area contributed by atoms with Crippen LogP contribution in [0, 0.1) is 11.7 Å². The highest BCUT2D eigenvalue weighted by atomic mass is 127. The van der Waals surface area contributed by atoms with Crippen LogP contribution in [0.1, 0.15) is 25.3 Å². The molecule has 27 heavy (non-hydrogen) atoms. The lowest BCUT2D eigenvalue weighted by molar-refractivity contribution is 0.183. The number of nitrogens with zero attached hydrogens (tertiary/aromatic N) is 2. The molecule has 3 rings (SSSR count). The summed E-state index contributed by atoms with van der Waals surface area (Å²) in [5.74, 6) is 1.33. The Balaban J connectivity index is 0.00000261. The van der Waals surface area contributed by atoms with E-state index >= 15 is 0 Å². The summed E-state index contributed by atoms with van der Waals surface area (Å²) in [6.45, 7) is 7.52. The van der Waals surface area contributed by atoms with E-state index in [9.17, 15) is 4.39 Å². The highest BCUT2D eigenvalue weighted by Crippen LogP contribution is 2.19. The Bertz CT molecular complexity index is 745. The fourth-order valence-corrected chi connectivity index (χ4v) is 3.75. The lowest BCUT2D eigenvalue weighted by Gasteiger charge is -2.32. The smallest absolute Gasteiger partial charge is 0.190 e. The topological polar surface area (TPSA) is 55.4 Å². The molecule has 7 heteroatoms. The molecule has 1 aliphatic rings. The van der Waals surface area contributed by atoms with Gasteiger partial charge in [0.25, 0.3) is 0 Å². The second kappa shape index (κ2) is 10.8. The summed E-state index contributed by atoms with van der Waals surface area (Å²) in [7, 11) is 1.81. The van der Waals surface area contributed by atoms with E-state index in [0.717, 1.165) is 42.9 Å². The van der Waals surface area contributed by atoms with Gasteiger partial charge in [-0.05, 0) is 62.0 Å². The number of H-pyrrole nitrogens is 1. The molecule has 2 heterocycles. The Hall–Kier alpha value is -1.35. The fraction of sp³-hybridized carbons (Fsp3) is 0.550. The first kappa shape index (κ1) is 21.9. The van der Waals surface area contributed by atoms with Crippen molar-refractivity contribution in [3.63, 3.8) is 0 Å². The third-order valence-electron chi connectivity index (χ3n) is 5.25. The fourth-order valence-electron chi connectivity index (χ4n) is 3.75. The van der Waals surface area contributed by atoms with Crippen molar-refractivity contribution in [1.82, 2.24) is 20.5 Å². The van der Waals surface area contributed by atoms with Crippen molar-refractivity contribution in [3.05, 3.63) is 35.8 Å². The average Bonchev–Trinajstić information content (AvgIpc) is 3.06. The maximum atomic E-state index is 13.3. The van der Waals surface area contributed by atoms with Crippen LogP contribution in [-0.2, 0) is 6.42 Å². The molecule has 1 aromatic heterocycles. The minimum absolute atomic E-state index is 0. The van der Waals surface area contributed by atoms with E-state index in [2.05, 4.69) is 32.4 Å². The Kier molecular flexibility index (Phi) is 8.82. The second-order valence-corrected chi connectivity index (χ2v) is 7.04. The van der Waals surface area contributed by atoms with Gasteiger partial charge in [0, 0.05) is 43.8 Å². The molecule has 1 saturated heterocycles. The molecule has 150 valence electrons. The number of rotatable bonds is 6. The molecule has 1 aromatic carbocycles. The number of aromatic nitrogens is 1. The zero-order valence-corrected chi connectivity index (χ0v) is 18.6. The summed E-state index contributed by atoms with van der Waals surface area (Å²) < 4.78 is 13.3. The number of aromatic amines is 1. The van der Waals surface area contributed by atoms with Crippen molar-refractivity contribution < 1.29 is 4.39 Å². The minimum Gasteiger partial charge on any atom is -0.361 e. The van der Waals surface area contributed by atoms with Crippen LogP contribution in [0.4, 0.5) is 4.39 Å². The minimum atomic E-state index is -0.210. The third-order valence-corrected chi connectivity index (χ3v) is 5.25. The zero-order valence-electron chi connectivity index (χ0n) is 16.2. The van der Waals surface area contributed by atoms with Crippen LogP contribution in [0.15, 0.2) is 29.4 Å². The van der Waals surface area contributed by atoms with Gasteiger partial charge in [0.1, 0.15) is 5.82 Å². The number of nitrogens with one attached hydrogen (secondary N) is 3. The number of aliphatic imine (C=N–C) groups is 1. The highest BCUT2D eigenvalue weighted by molar-refractivity contribution is 14.0. The number of guanidine groups is 1. The van der Waals surface area contributed by atoms with Gasteiger partial charge in [-0.2, -0.15) is 0 Å². The quantitative estimate of drug-likeness (QED) is 0.333. The SMILES string of the molecule is CCN1CCCC(CNC(=NC)NCCc2c[nH]c3cc(F)ccc23)C1.I. The number of halogens is 2. The van der Waals surface area contributed by atoms with Crippen LogP contribution in [0.3, 0.4) is 0 Å². The van der Waals surface area contributed by atoms with E-state index in [1.807, 2.05) is 19.3 Å². The lowest BCUT2D eigenvalue weighted by Crippen LogP contribution is -2.44. The standard InChI is InChI=1S/C20H30FN5.HI/c1-3-26-10-4-5-15(14-26)12-25-20(22-2)23-9-8-16-13-24-19-11-17(21)6-7-18(16)19;/h6-7,11,13,15,24H,3-5,8-10,12,14H2,1-2H3,(H2,22,23,25);1H. The number of piperidine rings is 1. The zero-order chi connectivity index (χ0) is 18.4. The first-order valence-corrected chi connectivity index (χ1v) is 9.62. The van der Waals surface area contributed by atoms with Crippen LogP contribution in [0.5, 0.6) is 0 Å². The van der Waals surface area contributed by atoms with Gasteiger partial charge in [-0.1, -0.05) is 6.92 Å². The van der Waals surface area contributed by atoms with E-state index in [-0.39, 0.29) is 29.8 Å². The molecule has 0 spiro atoms. The van der Waals surface area contributed by atoms with Crippen LogP contribution in [0.25, 0.3) is 10.9 Å². The molecular formula is C20H31FIN5. The van der Waals surface area contributed by atoms with Gasteiger partial charge in [-0.3, -0.25) is 4.99 Å². The molecular weight excluding hydrogens is 456 g/mol. The number of likely N-dealkylation sites (tertiary alicyclic amines) is 1. The number of benzene rings is 1. The summed E-state index contributed by atoms with van der Waals surface area (Å²) in [4.78, 5) is 9.99. The molecule has 0 amide bonds. The lowest BCUT2D eigenvalue weighted by atomic mass is 9.98. The first-order valence-electron chi connectivity index (χ1n) is 9.62. The van der Waals surface area contributed by atoms with Crippen LogP contribution >= 0.6 is 24.0 Å². The van der Waals surface area contributed by atoms with Crippen molar-refractivity contribution in [2.24, 2.45) is 10.9 Å². The molecule has 5 nitrogen and oxygen atoms in total. The average molecular weight is 487 g/mol. The number of hydrogen-bond acceptors (Lipinski definition) is 2. The van der Waals surface area contributed by atoms with E-state index in [1.165, 1.54) is 43.6 Å². The molecule has 0 saturated carbocycles. The molecule has 2 aromatic rings. The van der Waals surface area contributed by atoms with Crippen molar-refractivity contribution in [3.8, 4) is 0 Å². The monoisotopic (exact) mass is 487 g/mol. The van der Waals surface area contributed by atoms with E-state index in [4.69, 9.17) is 0 Å². The Labute approximate surface area is 178 Å². The van der Waals surface area contributed by atoms with Gasteiger partial charge in [0.2, 0.25) is 0 Å². The van der Waals surface area contributed by atoms with Crippen LogP contribution in [0.2, 0.25) is 0 Å². The first-order chi connectivity index (χ1) is 12.7. The maximum Gasteiger partial charge on any atom is 0.190 e. The third kappa shape index (κ3) is 6.07. The Morgan fingerprint density at radius 3 is 3.00 bits per heavy atom. The second-order valence-electron chi connectivity index (χ2n) is 7.04. The van der Waals surface area contributed by atoms with Gasteiger partial charge >= 0.3 is 0 Å². The molecule has 0 aliphatic carbocycles. The van der Waals surface area contributed by atoms with Crippen molar-refractivity contribution in [1.29, 1.82) is 0 Å². The maximum absolute atomic E-state index is 13.3.